The van der Waals surface area contributed by atoms with Crippen LogP contribution in [0.3, 0.4) is 0 Å². The Morgan fingerprint density at radius 2 is 1.75 bits per heavy atom. The summed E-state index contributed by atoms with van der Waals surface area (Å²) in [6.07, 6.45) is 2.07. The summed E-state index contributed by atoms with van der Waals surface area (Å²) in [5.41, 5.74) is 0.649. The monoisotopic (exact) mass is 217 g/mol. The molecule has 0 aliphatic rings. The molecule has 0 fully saturated rings. The first kappa shape index (κ1) is 10.3. The molecule has 3 nitrogen and oxygen atoms in total. The lowest BCUT2D eigenvalue weighted by atomic mass is 10.2. The molecule has 2 aromatic rings. The van der Waals surface area contributed by atoms with E-state index in [-0.39, 0.29) is 11.4 Å². The molecule has 0 N–H and O–H groups in total. The maximum absolute atomic E-state index is 12.7. The average Bonchev–Trinajstić information content (AvgIpc) is 2.31. The Hall–Kier alpha value is -2.23. The Morgan fingerprint density at radius 3 is 2.38 bits per heavy atom. The fraction of sp³-hybridized carbons (Fsp3) is 0. The number of carbonyl (C=O) groups excluding carboxylic acids is 1. The van der Waals surface area contributed by atoms with E-state index in [0.29, 0.717) is 17.5 Å². The summed E-state index contributed by atoms with van der Waals surface area (Å²) in [7, 11) is 0. The molecule has 1 heterocycles. The van der Waals surface area contributed by atoms with Crippen molar-refractivity contribution in [3.63, 3.8) is 0 Å². The zero-order valence-corrected chi connectivity index (χ0v) is 8.26. The highest BCUT2D eigenvalue weighted by atomic mass is 19.1. The predicted molar refractivity (Wildman–Crippen MR) is 57.4 cm³/mol. The second-order valence-corrected chi connectivity index (χ2v) is 3.26. The van der Waals surface area contributed by atoms with Gasteiger partial charge in [0, 0.05) is 23.5 Å². The SMILES string of the molecule is O=Cc1ccc(=O)n(-c2ccc(F)cc2)c1. The van der Waals surface area contributed by atoms with E-state index in [4.69, 9.17) is 0 Å². The molecule has 0 amide bonds. The lowest BCUT2D eigenvalue weighted by molar-refractivity contribution is 0.112. The third-order valence-corrected chi connectivity index (χ3v) is 2.17. The summed E-state index contributed by atoms with van der Waals surface area (Å²) >= 11 is 0. The Kier molecular flexibility index (Phi) is 2.64. The maximum atomic E-state index is 12.7. The minimum absolute atomic E-state index is 0.266. The molecule has 0 spiro atoms. The Morgan fingerprint density at radius 1 is 1.06 bits per heavy atom. The van der Waals surface area contributed by atoms with Crippen molar-refractivity contribution in [1.29, 1.82) is 0 Å². The number of carbonyl (C=O) groups is 1. The second kappa shape index (κ2) is 4.10. The van der Waals surface area contributed by atoms with Crippen LogP contribution < -0.4 is 5.56 Å². The van der Waals surface area contributed by atoms with Gasteiger partial charge in [-0.3, -0.25) is 14.2 Å². The van der Waals surface area contributed by atoms with Crippen LogP contribution in [0.2, 0.25) is 0 Å². The summed E-state index contributed by atoms with van der Waals surface area (Å²) in [6, 6.07) is 8.21. The van der Waals surface area contributed by atoms with Crippen LogP contribution in [0, 0.1) is 5.82 Å². The van der Waals surface area contributed by atoms with Gasteiger partial charge in [-0.05, 0) is 30.3 Å². The van der Waals surface area contributed by atoms with Gasteiger partial charge in [0.2, 0.25) is 0 Å². The molecule has 0 aliphatic carbocycles. The van der Waals surface area contributed by atoms with E-state index < -0.39 is 0 Å². The Labute approximate surface area is 90.8 Å². The normalized spacial score (nSPS) is 10.1. The van der Waals surface area contributed by atoms with Crippen LogP contribution in [0.25, 0.3) is 5.69 Å². The fourth-order valence-corrected chi connectivity index (χ4v) is 1.38. The van der Waals surface area contributed by atoms with E-state index in [0.717, 1.165) is 0 Å². The molecule has 16 heavy (non-hydrogen) atoms. The van der Waals surface area contributed by atoms with Gasteiger partial charge in [0.05, 0.1) is 0 Å². The number of nitrogens with zero attached hydrogens (tertiary/aromatic N) is 1. The second-order valence-electron chi connectivity index (χ2n) is 3.26. The molecule has 4 heteroatoms. The topological polar surface area (TPSA) is 39.1 Å². The number of rotatable bonds is 2. The van der Waals surface area contributed by atoms with Crippen molar-refractivity contribution in [2.75, 3.05) is 0 Å². The Bertz CT molecular complexity index is 572. The summed E-state index contributed by atoms with van der Waals surface area (Å²) in [5.74, 6) is -0.372. The zero-order valence-electron chi connectivity index (χ0n) is 8.26. The van der Waals surface area contributed by atoms with E-state index in [1.54, 1.807) is 0 Å². The lowest BCUT2D eigenvalue weighted by Gasteiger charge is -2.05. The number of hydrogen-bond acceptors (Lipinski definition) is 2. The summed E-state index contributed by atoms with van der Waals surface area (Å²) in [4.78, 5) is 22.1. The lowest BCUT2D eigenvalue weighted by Crippen LogP contribution is -2.16. The number of aromatic nitrogens is 1. The van der Waals surface area contributed by atoms with E-state index in [2.05, 4.69) is 0 Å². The molecular formula is C12H8FNO2. The Balaban J connectivity index is 2.58. The molecule has 1 aromatic heterocycles. The first-order chi connectivity index (χ1) is 7.70. The van der Waals surface area contributed by atoms with Gasteiger partial charge in [-0.2, -0.15) is 0 Å². The van der Waals surface area contributed by atoms with Gasteiger partial charge >= 0.3 is 0 Å². The summed E-state index contributed by atoms with van der Waals surface area (Å²) < 4.78 is 14.0. The minimum atomic E-state index is -0.372. The van der Waals surface area contributed by atoms with E-state index >= 15 is 0 Å². The van der Waals surface area contributed by atoms with Crippen LogP contribution in [-0.4, -0.2) is 10.9 Å². The van der Waals surface area contributed by atoms with Crippen molar-refractivity contribution in [3.05, 3.63) is 64.3 Å². The smallest absolute Gasteiger partial charge is 0.255 e. The maximum Gasteiger partial charge on any atom is 0.255 e. The van der Waals surface area contributed by atoms with Gasteiger partial charge in [0.1, 0.15) is 5.82 Å². The predicted octanol–water partition coefficient (Wildman–Crippen LogP) is 1.79. The summed E-state index contributed by atoms with van der Waals surface area (Å²) in [5, 5.41) is 0. The molecular weight excluding hydrogens is 209 g/mol. The number of benzene rings is 1. The first-order valence-corrected chi connectivity index (χ1v) is 4.64. The number of halogens is 1. The van der Waals surface area contributed by atoms with Crippen molar-refractivity contribution in [3.8, 4) is 5.69 Å². The minimum Gasteiger partial charge on any atom is -0.298 e. The van der Waals surface area contributed by atoms with Gasteiger partial charge in [0.25, 0.3) is 5.56 Å². The van der Waals surface area contributed by atoms with Crippen molar-refractivity contribution >= 4 is 6.29 Å². The average molecular weight is 217 g/mol. The van der Waals surface area contributed by atoms with Crippen molar-refractivity contribution in [2.45, 2.75) is 0 Å². The van der Waals surface area contributed by atoms with Crippen LogP contribution in [0.15, 0.2) is 47.4 Å². The van der Waals surface area contributed by atoms with E-state index in [1.165, 1.54) is 47.2 Å². The fourth-order valence-electron chi connectivity index (χ4n) is 1.38. The van der Waals surface area contributed by atoms with Crippen molar-refractivity contribution in [1.82, 2.24) is 4.57 Å². The largest absolute Gasteiger partial charge is 0.298 e. The third kappa shape index (κ3) is 1.91. The van der Waals surface area contributed by atoms with Gasteiger partial charge < -0.3 is 0 Å². The number of hydrogen-bond donors (Lipinski definition) is 0. The van der Waals surface area contributed by atoms with Gasteiger partial charge in [-0.1, -0.05) is 0 Å². The molecule has 0 radical (unpaired) electrons. The number of pyridine rings is 1. The molecule has 0 saturated carbocycles. The highest BCUT2D eigenvalue weighted by Crippen LogP contribution is 2.07. The molecule has 0 saturated heterocycles. The highest BCUT2D eigenvalue weighted by molar-refractivity contribution is 5.74. The molecule has 1 aromatic carbocycles. The van der Waals surface area contributed by atoms with Crippen LogP contribution in [0.1, 0.15) is 10.4 Å². The molecule has 2 rings (SSSR count). The van der Waals surface area contributed by atoms with Crippen LogP contribution >= 0.6 is 0 Å². The molecule has 0 aliphatic heterocycles. The van der Waals surface area contributed by atoms with Crippen LogP contribution in [-0.2, 0) is 0 Å². The number of aldehydes is 1. The summed E-state index contributed by atoms with van der Waals surface area (Å²) in [6.45, 7) is 0. The molecule has 0 atom stereocenters. The van der Waals surface area contributed by atoms with Crippen molar-refractivity contribution < 1.29 is 9.18 Å². The van der Waals surface area contributed by atoms with Gasteiger partial charge in [-0.25, -0.2) is 4.39 Å². The van der Waals surface area contributed by atoms with Gasteiger partial charge in [-0.15, -0.1) is 0 Å². The van der Waals surface area contributed by atoms with Crippen molar-refractivity contribution in [2.24, 2.45) is 0 Å². The van der Waals surface area contributed by atoms with Crippen LogP contribution in [0.5, 0.6) is 0 Å². The zero-order chi connectivity index (χ0) is 11.5. The highest BCUT2D eigenvalue weighted by Gasteiger charge is 2.01. The van der Waals surface area contributed by atoms with Gasteiger partial charge in [0.15, 0.2) is 6.29 Å². The standard InChI is InChI=1S/C12H8FNO2/c13-10-2-4-11(5-3-10)14-7-9(8-15)1-6-12(14)16/h1-8H. The van der Waals surface area contributed by atoms with Crippen LogP contribution in [0.4, 0.5) is 4.39 Å². The van der Waals surface area contributed by atoms with E-state index in [9.17, 15) is 14.0 Å². The first-order valence-electron chi connectivity index (χ1n) is 4.64. The van der Waals surface area contributed by atoms with E-state index in [1.807, 2.05) is 0 Å². The molecule has 0 bridgehead atoms. The molecule has 0 unspecified atom stereocenters. The quantitative estimate of drug-likeness (QED) is 0.719. The third-order valence-electron chi connectivity index (χ3n) is 2.17. The molecule has 80 valence electrons.